The average molecular weight is 601 g/mol. The van der Waals surface area contributed by atoms with Crippen LogP contribution in [0.3, 0.4) is 0 Å². The molecule has 0 fully saturated rings. The van der Waals surface area contributed by atoms with E-state index in [4.69, 9.17) is 9.47 Å². The highest BCUT2D eigenvalue weighted by Gasteiger charge is 2.35. The Labute approximate surface area is 248 Å². The first-order valence-corrected chi connectivity index (χ1v) is 15.9. The first-order chi connectivity index (χ1) is 20.5. The molecule has 4 N–H and O–H groups in total. The summed E-state index contributed by atoms with van der Waals surface area (Å²) in [5.41, 5.74) is 4.78. The number of benzene rings is 5. The number of fused-ring (bicyclic) bond motifs is 5. The van der Waals surface area contributed by atoms with Gasteiger partial charge in [-0.15, -0.1) is 23.5 Å². The molecule has 0 saturated heterocycles. The molecule has 0 atom stereocenters. The second-order valence-corrected chi connectivity index (χ2v) is 13.2. The molecular formula is C32H28N2O6S2. The normalized spacial score (nSPS) is 16.0. The zero-order valence-electron chi connectivity index (χ0n) is 23.4. The number of thioether (sulfide) groups is 2. The van der Waals surface area contributed by atoms with Crippen LogP contribution in [0.15, 0.2) is 25.0 Å². The monoisotopic (exact) mass is 600 g/mol. The van der Waals surface area contributed by atoms with E-state index < -0.39 is 0 Å². The molecule has 5 aromatic carbocycles. The van der Waals surface area contributed by atoms with Crippen molar-refractivity contribution in [1.82, 2.24) is 0 Å². The number of hydrogen-bond acceptors (Lipinski definition) is 10. The van der Waals surface area contributed by atoms with Gasteiger partial charge in [0.1, 0.15) is 0 Å². The van der Waals surface area contributed by atoms with Crippen molar-refractivity contribution in [3.63, 3.8) is 0 Å². The molecule has 3 aliphatic rings. The van der Waals surface area contributed by atoms with Gasteiger partial charge in [-0.2, -0.15) is 0 Å². The number of aliphatic hydroxyl groups is 2. The number of rotatable bonds is 4. The molecule has 8 nitrogen and oxygen atoms in total. The fourth-order valence-corrected chi connectivity index (χ4v) is 9.65. The summed E-state index contributed by atoms with van der Waals surface area (Å²) in [6.45, 7) is 2.82. The maximum atomic E-state index is 14.4. The van der Waals surface area contributed by atoms with Gasteiger partial charge in [-0.05, 0) is 29.5 Å². The topological polar surface area (TPSA) is 117 Å². The molecular weight excluding hydrogens is 572 g/mol. The van der Waals surface area contributed by atoms with E-state index in [1.165, 1.54) is 14.2 Å². The molecule has 0 amide bonds. The SMILES string of the molecule is COc1c2c3c4c(c(OC)c(=O)c5c6c(c(CO)c(c7c(CO)c8c(c(c1=O)c37)NCCS8)c54)SCCN6)CC(C)=C2. The Bertz CT molecular complexity index is 2180. The fraction of sp³-hybridized carbons (Fsp3) is 0.312. The third kappa shape index (κ3) is 3.08. The van der Waals surface area contributed by atoms with Gasteiger partial charge >= 0.3 is 0 Å². The van der Waals surface area contributed by atoms with Crippen molar-refractivity contribution in [2.24, 2.45) is 0 Å². The van der Waals surface area contributed by atoms with E-state index in [0.29, 0.717) is 58.3 Å². The number of hydrogen-bond donors (Lipinski definition) is 4. The maximum absolute atomic E-state index is 14.4. The Morgan fingerprint density at radius 1 is 0.738 bits per heavy atom. The van der Waals surface area contributed by atoms with Crippen molar-refractivity contribution in [1.29, 1.82) is 0 Å². The van der Waals surface area contributed by atoms with Crippen LogP contribution < -0.4 is 31.0 Å². The predicted molar refractivity (Wildman–Crippen MR) is 172 cm³/mol. The van der Waals surface area contributed by atoms with Gasteiger partial charge in [0.25, 0.3) is 0 Å². The van der Waals surface area contributed by atoms with Gasteiger partial charge in [0.2, 0.25) is 10.9 Å². The van der Waals surface area contributed by atoms with Crippen molar-refractivity contribution >= 4 is 84.1 Å². The van der Waals surface area contributed by atoms with Crippen molar-refractivity contribution in [3.8, 4) is 11.5 Å². The fourth-order valence-electron chi connectivity index (χ4n) is 7.52. The van der Waals surface area contributed by atoms with Gasteiger partial charge in [-0.25, -0.2) is 0 Å². The Hall–Kier alpha value is -3.44. The second kappa shape index (κ2) is 9.28. The minimum absolute atomic E-state index is 0.203. The number of nitrogens with one attached hydrogen (secondary N) is 2. The van der Waals surface area contributed by atoms with Crippen LogP contribution >= 0.6 is 23.5 Å². The van der Waals surface area contributed by atoms with E-state index in [9.17, 15) is 19.8 Å². The van der Waals surface area contributed by atoms with E-state index >= 15 is 0 Å². The summed E-state index contributed by atoms with van der Waals surface area (Å²) in [7, 11) is 3.05. The molecule has 0 saturated carbocycles. The number of ether oxygens (including phenoxy) is 2. The predicted octanol–water partition coefficient (Wildman–Crippen LogP) is 4.89. The quantitative estimate of drug-likeness (QED) is 0.168. The van der Waals surface area contributed by atoms with Gasteiger partial charge in [-0.1, -0.05) is 11.6 Å². The van der Waals surface area contributed by atoms with E-state index in [-0.39, 0.29) is 35.6 Å². The standard InChI is InChI=1S/C32H28N2O6S2/c1-12-8-13-17-18-14(9-12)30(40-3)28(38)24-22(18)20(16(11-36)32-26(24)34-5-7-42-32)19-15(10-35)31-25(33-4-6-41-31)23(21(17)19)27(37)29(13)39-2/h8,33-36H,4-7,9-11H2,1-3H3. The molecule has 0 spiro atoms. The third-order valence-corrected chi connectivity index (χ3v) is 11.2. The lowest BCUT2D eigenvalue weighted by Gasteiger charge is -2.30. The van der Waals surface area contributed by atoms with Gasteiger partial charge in [-0.3, -0.25) is 9.59 Å². The van der Waals surface area contributed by atoms with Crippen LogP contribution in [-0.4, -0.2) is 49.0 Å². The Morgan fingerprint density at radius 3 is 1.79 bits per heavy atom. The van der Waals surface area contributed by atoms with Gasteiger partial charge < -0.3 is 30.3 Å². The zero-order chi connectivity index (χ0) is 29.0. The molecule has 8 rings (SSSR count). The minimum atomic E-state index is -0.260. The van der Waals surface area contributed by atoms with Crippen molar-refractivity contribution < 1.29 is 19.7 Å². The summed E-state index contributed by atoms with van der Waals surface area (Å²) < 4.78 is 11.8. The molecule has 0 aromatic heterocycles. The molecule has 5 aromatic rings. The summed E-state index contributed by atoms with van der Waals surface area (Å²) >= 11 is 3.22. The highest BCUT2D eigenvalue weighted by atomic mass is 32.2. The second-order valence-electron chi connectivity index (χ2n) is 11.0. The van der Waals surface area contributed by atoms with E-state index in [0.717, 1.165) is 64.8 Å². The number of aliphatic hydroxyl groups excluding tert-OH is 2. The van der Waals surface area contributed by atoms with Crippen molar-refractivity contribution in [3.05, 3.63) is 48.3 Å². The van der Waals surface area contributed by atoms with Gasteiger partial charge in [0.15, 0.2) is 11.5 Å². The first kappa shape index (κ1) is 26.2. The Balaban J connectivity index is 1.86. The number of allylic oxidation sites excluding steroid dienone is 1. The van der Waals surface area contributed by atoms with Crippen LogP contribution in [0, 0.1) is 0 Å². The lowest BCUT2D eigenvalue weighted by atomic mass is 9.81. The Kier molecular flexibility index (Phi) is 5.79. The smallest absolute Gasteiger partial charge is 0.230 e. The molecule has 0 radical (unpaired) electrons. The van der Waals surface area contributed by atoms with Gasteiger partial charge in [0.05, 0.1) is 49.6 Å². The maximum Gasteiger partial charge on any atom is 0.230 e. The van der Waals surface area contributed by atoms with Crippen LogP contribution in [-0.2, 0) is 19.6 Å². The summed E-state index contributed by atoms with van der Waals surface area (Å²) in [5, 5.41) is 34.5. The highest BCUT2D eigenvalue weighted by Crippen LogP contribution is 2.56. The number of methoxy groups -OCH3 is 2. The summed E-state index contributed by atoms with van der Waals surface area (Å²) in [5.74, 6) is 2.09. The van der Waals surface area contributed by atoms with E-state index in [1.54, 1.807) is 23.5 Å². The molecule has 214 valence electrons. The molecule has 42 heavy (non-hydrogen) atoms. The molecule has 1 aliphatic carbocycles. The van der Waals surface area contributed by atoms with Crippen molar-refractivity contribution in [2.75, 3.05) is 49.4 Å². The molecule has 2 heterocycles. The van der Waals surface area contributed by atoms with Crippen LogP contribution in [0.1, 0.15) is 29.2 Å². The average Bonchev–Trinajstić information content (AvgIpc) is 3.15. The van der Waals surface area contributed by atoms with Crippen molar-refractivity contribution in [2.45, 2.75) is 36.3 Å². The molecule has 2 aliphatic heterocycles. The van der Waals surface area contributed by atoms with Crippen LogP contribution in [0.5, 0.6) is 11.5 Å². The summed E-state index contributed by atoms with van der Waals surface area (Å²) in [6, 6.07) is 0. The Morgan fingerprint density at radius 2 is 1.26 bits per heavy atom. The lowest BCUT2D eigenvalue weighted by molar-refractivity contribution is 0.279. The summed E-state index contributed by atoms with van der Waals surface area (Å²) in [4.78, 5) is 30.5. The van der Waals surface area contributed by atoms with Crippen LogP contribution in [0.25, 0.3) is 49.2 Å². The summed E-state index contributed by atoms with van der Waals surface area (Å²) in [6.07, 6.45) is 2.44. The number of anilines is 2. The third-order valence-electron chi connectivity index (χ3n) is 8.93. The molecule has 10 heteroatoms. The largest absolute Gasteiger partial charge is 0.492 e. The van der Waals surface area contributed by atoms with E-state index in [1.807, 2.05) is 13.0 Å². The van der Waals surface area contributed by atoms with Crippen LogP contribution in [0.2, 0.25) is 0 Å². The van der Waals surface area contributed by atoms with E-state index in [2.05, 4.69) is 10.6 Å². The first-order valence-electron chi connectivity index (χ1n) is 13.9. The zero-order valence-corrected chi connectivity index (χ0v) is 25.0. The lowest BCUT2D eigenvalue weighted by Crippen LogP contribution is -2.20. The molecule has 0 bridgehead atoms. The van der Waals surface area contributed by atoms with Crippen LogP contribution in [0.4, 0.5) is 11.4 Å². The highest BCUT2D eigenvalue weighted by molar-refractivity contribution is 7.99. The van der Waals surface area contributed by atoms with Gasteiger partial charge in [0, 0.05) is 72.8 Å². The molecule has 0 unspecified atom stereocenters. The minimum Gasteiger partial charge on any atom is -0.492 e.